The van der Waals surface area contributed by atoms with E-state index in [1.54, 1.807) is 14.2 Å². The molecule has 2 aromatic carbocycles. The van der Waals surface area contributed by atoms with Gasteiger partial charge >= 0.3 is 0 Å². The van der Waals surface area contributed by atoms with Crippen LogP contribution in [0.2, 0.25) is 12.1 Å². The Morgan fingerprint density at radius 2 is 1.09 bits per heavy atom. The van der Waals surface area contributed by atoms with Gasteiger partial charge in [0, 0.05) is 64.0 Å². The number of thiazole rings is 2. The van der Waals surface area contributed by atoms with Gasteiger partial charge in [-0.05, 0) is 59.0 Å². The molecule has 4 rings (SSSR count). The van der Waals surface area contributed by atoms with Crippen LogP contribution in [0.15, 0.2) is 48.5 Å². The van der Waals surface area contributed by atoms with Crippen LogP contribution in [0.1, 0.15) is 34.7 Å². The first kappa shape index (κ1) is 39.3. The van der Waals surface area contributed by atoms with Crippen molar-refractivity contribution in [3.63, 3.8) is 0 Å². The quantitative estimate of drug-likeness (QED) is 0.0342. The Morgan fingerprint density at radius 1 is 0.617 bits per heavy atom. The third-order valence-corrected chi connectivity index (χ3v) is 17.0. The minimum Gasteiger partial charge on any atom is -0.424 e. The number of fused-ring (bicyclic) bond motifs is 2. The first-order chi connectivity index (χ1) is 23.3. The van der Waals surface area contributed by atoms with Crippen molar-refractivity contribution in [3.8, 4) is 0 Å². The predicted molar refractivity (Wildman–Crippen MR) is 210 cm³/mol. The van der Waals surface area contributed by atoms with Gasteiger partial charge in [-0.2, -0.15) is 0 Å². The third-order valence-electron chi connectivity index (χ3n) is 7.19. The van der Waals surface area contributed by atoms with E-state index in [1.807, 2.05) is 54.1 Å². The average Bonchev–Trinajstić information content (AvgIpc) is 3.73. The lowest BCUT2D eigenvalue weighted by atomic mass is 10.2. The van der Waals surface area contributed by atoms with E-state index >= 15 is 0 Å². The van der Waals surface area contributed by atoms with Gasteiger partial charge in [0.25, 0.3) is 0 Å². The lowest BCUT2D eigenvalue weighted by Crippen LogP contribution is -2.11. The molecule has 0 amide bonds. The van der Waals surface area contributed by atoms with Gasteiger partial charge < -0.3 is 27.8 Å². The zero-order valence-electron chi connectivity index (χ0n) is 27.5. The standard InChI is InChI=1S/C32H48N2O6S5Si2/c1-35-17-19-37-13-7-15-39-46-23-25(31-33-27-9-3-5-11-29(27)43-31)21-41-45-42-22-26(24-47-40-16-8-14-38-20-18-36-2)32-34-28-10-4-6-12-30(28)44-32/h3-6,9-12,25-26H,7-8,13-24,46-47H2,1-2H3. The van der Waals surface area contributed by atoms with E-state index in [0.717, 1.165) is 73.9 Å². The molecule has 0 N–H and O–H groups in total. The maximum Gasteiger partial charge on any atom is 0.162 e. The number of hydrogen-bond acceptors (Lipinski definition) is 13. The Kier molecular flexibility index (Phi) is 20.5. The maximum absolute atomic E-state index is 6.14. The van der Waals surface area contributed by atoms with Crippen molar-refractivity contribution in [3.05, 3.63) is 58.5 Å². The van der Waals surface area contributed by atoms with Crippen LogP contribution in [-0.2, 0) is 27.8 Å². The first-order valence-electron chi connectivity index (χ1n) is 16.2. The van der Waals surface area contributed by atoms with E-state index < -0.39 is 19.5 Å². The zero-order chi connectivity index (χ0) is 32.8. The van der Waals surface area contributed by atoms with Crippen molar-refractivity contribution in [2.24, 2.45) is 0 Å². The number of para-hydroxylation sites is 2. The summed E-state index contributed by atoms with van der Waals surface area (Å²) in [5, 5.41) is 2.48. The Hall–Kier alpha value is -0.536. The number of benzene rings is 2. The summed E-state index contributed by atoms with van der Waals surface area (Å²) in [7, 11) is 7.90. The second-order valence-electron chi connectivity index (χ2n) is 10.8. The number of ether oxygens (including phenoxy) is 4. The Balaban J connectivity index is 1.23. The fourth-order valence-corrected chi connectivity index (χ4v) is 15.0. The summed E-state index contributed by atoms with van der Waals surface area (Å²) in [6.07, 6.45) is 1.85. The molecule has 0 aliphatic rings. The van der Waals surface area contributed by atoms with E-state index in [-0.39, 0.29) is 0 Å². The van der Waals surface area contributed by atoms with Crippen molar-refractivity contribution in [1.29, 1.82) is 0 Å². The molecule has 0 aliphatic carbocycles. The Labute approximate surface area is 303 Å². The number of rotatable bonds is 28. The van der Waals surface area contributed by atoms with Gasteiger partial charge in [0.2, 0.25) is 0 Å². The summed E-state index contributed by atoms with van der Waals surface area (Å²) in [4.78, 5) is 10.1. The highest BCUT2D eigenvalue weighted by molar-refractivity contribution is 9.09. The summed E-state index contributed by atoms with van der Waals surface area (Å²) in [5.74, 6) is 2.89. The van der Waals surface area contributed by atoms with Crippen molar-refractivity contribution in [2.75, 3.05) is 78.6 Å². The average molecular weight is 773 g/mol. The second kappa shape index (κ2) is 24.6. The SMILES string of the molecule is COCCOCCCO[SiH2]CC(CSSSCC(C[SiH2]OCCCOCCOC)c1nc2ccccc2s1)c1nc2ccccc2s1. The Bertz CT molecular complexity index is 1220. The van der Waals surface area contributed by atoms with E-state index in [9.17, 15) is 0 Å². The normalized spacial score (nSPS) is 13.7. The van der Waals surface area contributed by atoms with Crippen LogP contribution in [-0.4, -0.2) is 108 Å². The van der Waals surface area contributed by atoms with Gasteiger partial charge in [0.05, 0.1) is 56.9 Å². The molecule has 47 heavy (non-hydrogen) atoms. The van der Waals surface area contributed by atoms with Crippen LogP contribution in [0.4, 0.5) is 0 Å². The monoisotopic (exact) mass is 772 g/mol. The molecule has 0 aliphatic heterocycles. The molecule has 4 aromatic rings. The summed E-state index contributed by atoms with van der Waals surface area (Å²) in [5.41, 5.74) is 2.20. The number of hydrogen-bond donors (Lipinski definition) is 0. The Morgan fingerprint density at radius 3 is 1.53 bits per heavy atom. The number of methoxy groups -OCH3 is 2. The molecular formula is C32H48N2O6S5Si2. The minimum absolute atomic E-state index is 0.412. The van der Waals surface area contributed by atoms with E-state index in [4.69, 9.17) is 37.8 Å². The van der Waals surface area contributed by atoms with E-state index in [1.165, 1.54) is 19.4 Å². The molecule has 0 bridgehead atoms. The molecule has 15 heteroatoms. The summed E-state index contributed by atoms with van der Waals surface area (Å²) in [6.45, 7) is 5.54. The smallest absolute Gasteiger partial charge is 0.162 e. The van der Waals surface area contributed by atoms with Gasteiger partial charge in [-0.25, -0.2) is 9.97 Å². The van der Waals surface area contributed by atoms with Gasteiger partial charge in [-0.3, -0.25) is 0 Å². The third kappa shape index (κ3) is 15.1. The summed E-state index contributed by atoms with van der Waals surface area (Å²) >= 11 is 3.67. The molecule has 0 radical (unpaired) electrons. The number of aromatic nitrogens is 2. The van der Waals surface area contributed by atoms with E-state index in [0.29, 0.717) is 38.3 Å². The molecule has 2 aromatic heterocycles. The van der Waals surface area contributed by atoms with Crippen LogP contribution in [0.25, 0.3) is 20.4 Å². The fourth-order valence-electron chi connectivity index (χ4n) is 4.61. The molecule has 0 fully saturated rings. The van der Waals surface area contributed by atoms with Crippen molar-refractivity contribution in [1.82, 2.24) is 9.97 Å². The van der Waals surface area contributed by atoms with Crippen LogP contribution in [0.5, 0.6) is 0 Å². The molecule has 2 unspecified atom stereocenters. The van der Waals surface area contributed by atoms with Crippen LogP contribution in [0.3, 0.4) is 0 Å². The lowest BCUT2D eigenvalue weighted by Gasteiger charge is -2.15. The summed E-state index contributed by atoms with van der Waals surface area (Å²) < 4.78 is 36.0. The van der Waals surface area contributed by atoms with Crippen LogP contribution < -0.4 is 0 Å². The lowest BCUT2D eigenvalue weighted by molar-refractivity contribution is 0.0646. The van der Waals surface area contributed by atoms with Crippen molar-refractivity contribution < 1.29 is 27.8 Å². The molecule has 2 heterocycles. The number of nitrogens with zero attached hydrogens (tertiary/aromatic N) is 2. The second-order valence-corrected chi connectivity index (χ2v) is 20.0. The van der Waals surface area contributed by atoms with Gasteiger partial charge in [-0.1, -0.05) is 45.9 Å². The predicted octanol–water partition coefficient (Wildman–Crippen LogP) is 6.95. The molecule has 2 atom stereocenters. The van der Waals surface area contributed by atoms with Crippen molar-refractivity contribution in [2.45, 2.75) is 36.8 Å². The highest BCUT2D eigenvalue weighted by Crippen LogP contribution is 2.43. The topological polar surface area (TPSA) is 81.2 Å². The molecule has 0 saturated heterocycles. The van der Waals surface area contributed by atoms with Crippen molar-refractivity contribution >= 4 is 94.0 Å². The molecule has 260 valence electrons. The molecule has 0 spiro atoms. The van der Waals surface area contributed by atoms with E-state index in [2.05, 4.69) is 48.5 Å². The highest BCUT2D eigenvalue weighted by atomic mass is 33.5. The largest absolute Gasteiger partial charge is 0.424 e. The fraction of sp³-hybridized carbons (Fsp3) is 0.562. The first-order valence-corrected chi connectivity index (χ1v) is 24.8. The molecular weight excluding hydrogens is 725 g/mol. The van der Waals surface area contributed by atoms with Crippen LogP contribution in [0, 0.1) is 0 Å². The zero-order valence-corrected chi connectivity index (χ0v) is 34.4. The summed E-state index contributed by atoms with van der Waals surface area (Å²) in [6, 6.07) is 19.1. The van der Waals surface area contributed by atoms with Crippen LogP contribution >= 0.6 is 54.1 Å². The molecule has 8 nitrogen and oxygen atoms in total. The minimum atomic E-state index is -0.654. The highest BCUT2D eigenvalue weighted by Gasteiger charge is 2.20. The molecule has 0 saturated carbocycles. The van der Waals surface area contributed by atoms with Gasteiger partial charge in [-0.15, -0.1) is 22.7 Å². The maximum atomic E-state index is 6.14. The van der Waals surface area contributed by atoms with Gasteiger partial charge in [0.1, 0.15) is 0 Å². The van der Waals surface area contributed by atoms with Gasteiger partial charge in [0.15, 0.2) is 19.5 Å².